The van der Waals surface area contributed by atoms with Crippen molar-refractivity contribution >= 4 is 34.1 Å². The minimum Gasteiger partial charge on any atom is -0.465 e. The first-order valence-electron chi connectivity index (χ1n) is 11.0. The molecule has 1 atom stereocenters. The maximum atomic E-state index is 15.4. The number of aromatic nitrogens is 2. The largest absolute Gasteiger partial charge is 0.465 e. The molecule has 5 rings (SSSR count). The molecule has 0 saturated heterocycles. The third kappa shape index (κ3) is 3.52. The Balaban J connectivity index is 1.62. The summed E-state index contributed by atoms with van der Waals surface area (Å²) in [5.74, 6) is 0.145. The van der Waals surface area contributed by atoms with Crippen molar-refractivity contribution in [3.8, 4) is 11.1 Å². The van der Waals surface area contributed by atoms with Crippen molar-refractivity contribution in [2.45, 2.75) is 45.3 Å². The van der Waals surface area contributed by atoms with E-state index in [1.54, 1.807) is 18.3 Å². The van der Waals surface area contributed by atoms with Crippen LogP contribution in [0, 0.1) is 18.7 Å². The molecule has 0 spiro atoms. The van der Waals surface area contributed by atoms with Gasteiger partial charge in [0.1, 0.15) is 5.82 Å². The van der Waals surface area contributed by atoms with Gasteiger partial charge in [0.25, 0.3) is 0 Å². The van der Waals surface area contributed by atoms with Crippen molar-refractivity contribution in [2.24, 2.45) is 5.92 Å². The van der Waals surface area contributed by atoms with Gasteiger partial charge in [0, 0.05) is 41.5 Å². The lowest BCUT2D eigenvalue weighted by atomic mass is 9.88. The van der Waals surface area contributed by atoms with Crippen molar-refractivity contribution in [2.75, 3.05) is 22.5 Å². The summed E-state index contributed by atoms with van der Waals surface area (Å²) in [5.41, 5.74) is 9.85. The number of aliphatic hydroxyl groups excluding tert-OH is 1. The third-order valence-corrected chi connectivity index (χ3v) is 6.77. The normalized spacial score (nSPS) is 21.8. The first-order valence-corrected chi connectivity index (χ1v) is 11.0. The first kappa shape index (κ1) is 21.4. The van der Waals surface area contributed by atoms with E-state index < -0.39 is 18.0 Å². The monoisotopic (exact) mass is 451 g/mol. The van der Waals surface area contributed by atoms with Crippen LogP contribution in [0.1, 0.15) is 31.0 Å². The van der Waals surface area contributed by atoms with Gasteiger partial charge in [-0.05, 0) is 55.2 Å². The van der Waals surface area contributed by atoms with Gasteiger partial charge in [0.2, 0.25) is 0 Å². The Morgan fingerprint density at radius 2 is 2.00 bits per heavy atom. The minimum atomic E-state index is -1.15. The zero-order valence-electron chi connectivity index (χ0n) is 18.5. The average Bonchev–Trinajstić information content (AvgIpc) is 2.75. The molecule has 9 heteroatoms. The molecule has 2 aromatic heterocycles. The molecule has 1 aliphatic carbocycles. The van der Waals surface area contributed by atoms with Crippen LogP contribution in [-0.2, 0) is 6.42 Å². The maximum Gasteiger partial charge on any atom is 0.413 e. The number of anilines is 3. The molecule has 2 aliphatic rings. The van der Waals surface area contributed by atoms with Crippen molar-refractivity contribution in [1.82, 2.24) is 9.97 Å². The smallest absolute Gasteiger partial charge is 0.413 e. The molecule has 0 radical (unpaired) electrons. The number of pyridine rings is 2. The molecule has 3 aromatic rings. The Kier molecular flexibility index (Phi) is 5.08. The van der Waals surface area contributed by atoms with E-state index in [0.29, 0.717) is 40.7 Å². The number of amides is 1. The number of aliphatic hydroxyl groups is 1. The van der Waals surface area contributed by atoms with E-state index in [9.17, 15) is 15.0 Å². The van der Waals surface area contributed by atoms with Gasteiger partial charge in [-0.15, -0.1) is 0 Å². The van der Waals surface area contributed by atoms with E-state index in [4.69, 9.17) is 5.73 Å². The topological polar surface area (TPSA) is 125 Å². The Bertz CT molecular complexity index is 1270. The highest BCUT2D eigenvalue weighted by atomic mass is 19.1. The molecule has 3 heterocycles. The number of hydrogen-bond donors (Lipinski definition) is 4. The Morgan fingerprint density at radius 1 is 1.24 bits per heavy atom. The molecule has 5 N–H and O–H groups in total. The number of carboxylic acid groups (broad SMARTS) is 1. The summed E-state index contributed by atoms with van der Waals surface area (Å²) in [6.07, 6.45) is 3.00. The van der Waals surface area contributed by atoms with Crippen LogP contribution in [0.15, 0.2) is 24.5 Å². The summed E-state index contributed by atoms with van der Waals surface area (Å²) >= 11 is 0. The van der Waals surface area contributed by atoms with Gasteiger partial charge < -0.3 is 21.3 Å². The number of benzene rings is 1. The zero-order chi connectivity index (χ0) is 23.4. The van der Waals surface area contributed by atoms with Crippen LogP contribution in [0.25, 0.3) is 21.9 Å². The van der Waals surface area contributed by atoms with Gasteiger partial charge in [-0.1, -0.05) is 6.92 Å². The average molecular weight is 452 g/mol. The van der Waals surface area contributed by atoms with Crippen LogP contribution in [0.3, 0.4) is 0 Å². The summed E-state index contributed by atoms with van der Waals surface area (Å²) in [7, 11) is 0. The fraction of sp³-hybridized carbons (Fsp3) is 0.375. The SMILES string of the molecule is Cc1c(-c2cc3cc(N(C(=O)O)[C@H]4C[C@H](O)C4)ncc3c(N)c2F)cnc2c1NC[C@H](C)C2. The van der Waals surface area contributed by atoms with Crippen molar-refractivity contribution in [3.63, 3.8) is 0 Å². The van der Waals surface area contributed by atoms with E-state index >= 15 is 4.39 Å². The lowest BCUT2D eigenvalue weighted by Gasteiger charge is -2.38. The fourth-order valence-electron chi connectivity index (χ4n) is 4.82. The van der Waals surface area contributed by atoms with E-state index in [2.05, 4.69) is 22.2 Å². The number of nitrogens with one attached hydrogen (secondary N) is 1. The Hall–Kier alpha value is -3.46. The number of rotatable bonds is 3. The highest BCUT2D eigenvalue weighted by molar-refractivity contribution is 5.99. The predicted molar refractivity (Wildman–Crippen MR) is 125 cm³/mol. The second kappa shape index (κ2) is 7.84. The number of nitrogen functional groups attached to an aromatic ring is 1. The molecule has 1 saturated carbocycles. The van der Waals surface area contributed by atoms with Gasteiger partial charge in [-0.2, -0.15) is 0 Å². The molecular weight excluding hydrogens is 425 g/mol. The Morgan fingerprint density at radius 3 is 2.70 bits per heavy atom. The maximum absolute atomic E-state index is 15.4. The van der Waals surface area contributed by atoms with Gasteiger partial charge in [0.05, 0.1) is 23.2 Å². The van der Waals surface area contributed by atoms with Gasteiger partial charge in [-0.3, -0.25) is 9.88 Å². The van der Waals surface area contributed by atoms with Crippen molar-refractivity contribution in [1.29, 1.82) is 0 Å². The van der Waals surface area contributed by atoms with E-state index in [0.717, 1.165) is 34.8 Å². The van der Waals surface area contributed by atoms with Crippen LogP contribution >= 0.6 is 0 Å². The number of halogens is 1. The molecule has 1 fully saturated rings. The quantitative estimate of drug-likeness (QED) is 0.445. The first-order chi connectivity index (χ1) is 15.7. The summed E-state index contributed by atoms with van der Waals surface area (Å²) < 4.78 is 15.4. The van der Waals surface area contributed by atoms with Crippen LogP contribution in [-0.4, -0.2) is 45.0 Å². The van der Waals surface area contributed by atoms with Crippen LogP contribution in [0.5, 0.6) is 0 Å². The second-order valence-electron chi connectivity index (χ2n) is 9.16. The van der Waals surface area contributed by atoms with Crippen molar-refractivity contribution < 1.29 is 19.4 Å². The summed E-state index contributed by atoms with van der Waals surface area (Å²) in [4.78, 5) is 21.9. The number of nitrogens with two attached hydrogens (primary N) is 1. The molecule has 1 aliphatic heterocycles. The van der Waals surface area contributed by atoms with E-state index in [1.165, 1.54) is 6.20 Å². The lowest BCUT2D eigenvalue weighted by molar-refractivity contribution is 0.0725. The molecule has 172 valence electrons. The second-order valence-corrected chi connectivity index (χ2v) is 9.16. The highest BCUT2D eigenvalue weighted by Crippen LogP contribution is 2.39. The Labute approximate surface area is 190 Å². The highest BCUT2D eigenvalue weighted by Gasteiger charge is 2.37. The molecular formula is C24H26FN5O3. The molecule has 33 heavy (non-hydrogen) atoms. The van der Waals surface area contributed by atoms with Crippen molar-refractivity contribution in [3.05, 3.63) is 41.6 Å². The van der Waals surface area contributed by atoms with E-state index in [1.807, 2.05) is 6.92 Å². The van der Waals surface area contributed by atoms with E-state index in [-0.39, 0.29) is 17.5 Å². The van der Waals surface area contributed by atoms with Crippen LogP contribution in [0.4, 0.5) is 26.4 Å². The fourth-order valence-corrected chi connectivity index (χ4v) is 4.82. The number of fused-ring (bicyclic) bond motifs is 2. The number of nitrogens with zero attached hydrogens (tertiary/aromatic N) is 3. The van der Waals surface area contributed by atoms with Gasteiger partial charge in [-0.25, -0.2) is 14.2 Å². The van der Waals surface area contributed by atoms with Gasteiger partial charge in [0.15, 0.2) is 5.82 Å². The standard InChI is InChI=1S/C24H26FN5O3/c1-11-3-19-23(29-8-11)12(2)17(9-27-19)16-4-13-5-20(28-10-18(13)22(26)21(16)25)30(24(32)33)14-6-15(31)7-14/h4-5,9-11,14-15,29,31H,3,6-8,26H2,1-2H3,(H,32,33)/t11-,14-,15-/m1/s1. The predicted octanol–water partition coefficient (Wildman–Crippen LogP) is 3.94. The summed E-state index contributed by atoms with van der Waals surface area (Å²) in [6, 6.07) is 2.93. The lowest BCUT2D eigenvalue weighted by Crippen LogP contribution is -2.50. The molecule has 1 aromatic carbocycles. The molecule has 8 nitrogen and oxygen atoms in total. The van der Waals surface area contributed by atoms with Gasteiger partial charge >= 0.3 is 6.09 Å². The third-order valence-electron chi connectivity index (χ3n) is 6.77. The zero-order valence-corrected chi connectivity index (χ0v) is 18.5. The van der Waals surface area contributed by atoms with Crippen LogP contribution in [0.2, 0.25) is 0 Å². The molecule has 1 amide bonds. The molecule has 0 bridgehead atoms. The van der Waals surface area contributed by atoms with Crippen LogP contribution < -0.4 is 16.0 Å². The minimum absolute atomic E-state index is 0.0406. The number of hydrogen-bond acceptors (Lipinski definition) is 6. The molecule has 0 unspecified atom stereocenters. The summed E-state index contributed by atoms with van der Waals surface area (Å²) in [5, 5.41) is 23.7. The summed E-state index contributed by atoms with van der Waals surface area (Å²) in [6.45, 7) is 4.92. The number of carbonyl (C=O) groups is 1.